The summed E-state index contributed by atoms with van der Waals surface area (Å²) in [6, 6.07) is 9.16. The number of piperidine rings is 1. The minimum absolute atomic E-state index is 0.508. The van der Waals surface area contributed by atoms with Crippen LogP contribution in [0.25, 0.3) is 11.0 Å². The number of benzene rings is 1. The van der Waals surface area contributed by atoms with Crippen LogP contribution >= 0.6 is 0 Å². The number of fused-ring (bicyclic) bond motifs is 1. The van der Waals surface area contributed by atoms with E-state index in [4.69, 9.17) is 5.73 Å². The normalized spacial score (nSPS) is 24.7. The first-order valence-corrected chi connectivity index (χ1v) is 6.70. The molecule has 0 aliphatic carbocycles. The Hall–Kier alpha value is -1.71. The van der Waals surface area contributed by atoms with Gasteiger partial charge in [0.25, 0.3) is 0 Å². The minimum atomic E-state index is 0.508. The highest BCUT2D eigenvalue weighted by Crippen LogP contribution is 2.26. The van der Waals surface area contributed by atoms with Crippen molar-refractivity contribution >= 4 is 17.0 Å². The van der Waals surface area contributed by atoms with E-state index in [9.17, 15) is 0 Å². The van der Waals surface area contributed by atoms with Gasteiger partial charge in [0.05, 0.1) is 11.0 Å². The van der Waals surface area contributed by atoms with Gasteiger partial charge in [-0.2, -0.15) is 0 Å². The average Bonchev–Trinajstić information content (AvgIpc) is 2.66. The quantitative estimate of drug-likeness (QED) is 0.838. The molecule has 1 aromatic carbocycles. The van der Waals surface area contributed by atoms with E-state index >= 15 is 0 Å². The maximum absolute atomic E-state index is 6.12. The summed E-state index contributed by atoms with van der Waals surface area (Å²) in [6.45, 7) is 4.54. The van der Waals surface area contributed by atoms with E-state index in [-0.39, 0.29) is 0 Å². The third-order valence-corrected chi connectivity index (χ3v) is 3.94. The molecule has 0 bridgehead atoms. The van der Waals surface area contributed by atoms with Gasteiger partial charge in [-0.15, -0.1) is 0 Å². The number of nitrogen functional groups attached to an aromatic ring is 1. The summed E-state index contributed by atoms with van der Waals surface area (Å²) in [5, 5.41) is 2.38. The van der Waals surface area contributed by atoms with Gasteiger partial charge in [0.2, 0.25) is 5.95 Å². The third kappa shape index (κ3) is 1.64. The number of rotatable bonds is 1. The van der Waals surface area contributed by atoms with Crippen LogP contribution in [0.3, 0.4) is 0 Å². The first kappa shape index (κ1) is 11.4. The standard InChI is InChI=1S/C14H20N4/c1-10-6-5-7-11(2)17(10)18-13-9-4-3-8-12(13)16-14(18)15/h3-4,8-11H,5-7H2,1-2H3,(H2,15,16). The maximum atomic E-state index is 6.12. The van der Waals surface area contributed by atoms with Crippen LogP contribution in [0.2, 0.25) is 0 Å². The highest BCUT2D eigenvalue weighted by atomic mass is 15.6. The van der Waals surface area contributed by atoms with Crippen molar-refractivity contribution in [1.29, 1.82) is 0 Å². The Labute approximate surface area is 107 Å². The summed E-state index contributed by atoms with van der Waals surface area (Å²) in [7, 11) is 0. The van der Waals surface area contributed by atoms with Crippen LogP contribution in [0.5, 0.6) is 0 Å². The molecule has 18 heavy (non-hydrogen) atoms. The van der Waals surface area contributed by atoms with Crippen LogP contribution in [0, 0.1) is 0 Å². The molecule has 1 saturated heterocycles. The molecule has 2 N–H and O–H groups in total. The number of nitrogens with zero attached hydrogens (tertiary/aromatic N) is 3. The number of imidazole rings is 1. The van der Waals surface area contributed by atoms with E-state index in [0.717, 1.165) is 11.0 Å². The Morgan fingerprint density at radius 1 is 1.17 bits per heavy atom. The largest absolute Gasteiger partial charge is 0.368 e. The van der Waals surface area contributed by atoms with Crippen molar-refractivity contribution < 1.29 is 0 Å². The molecule has 1 aliphatic rings. The first-order chi connectivity index (χ1) is 8.68. The predicted molar refractivity (Wildman–Crippen MR) is 75.1 cm³/mol. The van der Waals surface area contributed by atoms with E-state index < -0.39 is 0 Å². The number of hydrogen-bond acceptors (Lipinski definition) is 3. The second-order valence-corrected chi connectivity index (χ2v) is 5.28. The van der Waals surface area contributed by atoms with Crippen molar-refractivity contribution in [3.63, 3.8) is 0 Å². The van der Waals surface area contributed by atoms with E-state index in [2.05, 4.69) is 34.6 Å². The Balaban J connectivity index is 2.15. The van der Waals surface area contributed by atoms with Crippen LogP contribution in [-0.2, 0) is 0 Å². The molecule has 0 radical (unpaired) electrons. The van der Waals surface area contributed by atoms with E-state index in [1.165, 1.54) is 19.3 Å². The van der Waals surface area contributed by atoms with Crippen molar-refractivity contribution in [1.82, 2.24) is 9.66 Å². The first-order valence-electron chi connectivity index (χ1n) is 6.70. The number of aromatic nitrogens is 2. The van der Waals surface area contributed by atoms with Gasteiger partial charge in [0.1, 0.15) is 0 Å². The molecule has 4 heteroatoms. The van der Waals surface area contributed by atoms with Gasteiger partial charge in [-0.1, -0.05) is 12.1 Å². The summed E-state index contributed by atoms with van der Waals surface area (Å²) in [5.74, 6) is 0.594. The Morgan fingerprint density at radius 2 is 1.83 bits per heavy atom. The molecule has 0 saturated carbocycles. The molecule has 2 heterocycles. The molecule has 4 nitrogen and oxygen atoms in total. The molecule has 1 fully saturated rings. The van der Waals surface area contributed by atoms with Crippen LogP contribution in [0.4, 0.5) is 5.95 Å². The highest BCUT2D eigenvalue weighted by Gasteiger charge is 2.27. The fraction of sp³-hybridized carbons (Fsp3) is 0.500. The Morgan fingerprint density at radius 3 is 2.56 bits per heavy atom. The molecule has 2 atom stereocenters. The van der Waals surface area contributed by atoms with E-state index in [1.807, 2.05) is 18.2 Å². The molecule has 0 amide bonds. The minimum Gasteiger partial charge on any atom is -0.368 e. The molecule has 1 aromatic heterocycles. The smallest absolute Gasteiger partial charge is 0.220 e. The molecule has 2 aromatic rings. The molecular weight excluding hydrogens is 224 g/mol. The number of hydrogen-bond donors (Lipinski definition) is 1. The topological polar surface area (TPSA) is 47.1 Å². The summed E-state index contributed by atoms with van der Waals surface area (Å²) in [4.78, 5) is 4.46. The highest BCUT2D eigenvalue weighted by molar-refractivity contribution is 5.78. The lowest BCUT2D eigenvalue weighted by atomic mass is 10.00. The van der Waals surface area contributed by atoms with E-state index in [0.29, 0.717) is 18.0 Å². The van der Waals surface area contributed by atoms with Gasteiger partial charge >= 0.3 is 0 Å². The van der Waals surface area contributed by atoms with E-state index in [1.54, 1.807) is 0 Å². The molecule has 3 rings (SSSR count). The molecule has 96 valence electrons. The lowest BCUT2D eigenvalue weighted by molar-refractivity contribution is 0.343. The monoisotopic (exact) mass is 244 g/mol. The zero-order valence-corrected chi connectivity index (χ0v) is 11.0. The van der Waals surface area contributed by atoms with Crippen LogP contribution < -0.4 is 10.7 Å². The third-order valence-electron chi connectivity index (χ3n) is 3.94. The molecule has 2 unspecified atom stereocenters. The van der Waals surface area contributed by atoms with Gasteiger partial charge in [0, 0.05) is 12.1 Å². The van der Waals surface area contributed by atoms with Crippen molar-refractivity contribution in [2.45, 2.75) is 45.2 Å². The second-order valence-electron chi connectivity index (χ2n) is 5.28. The van der Waals surface area contributed by atoms with Crippen molar-refractivity contribution in [3.8, 4) is 0 Å². The lowest BCUT2D eigenvalue weighted by Gasteiger charge is -2.41. The van der Waals surface area contributed by atoms with Crippen molar-refractivity contribution in [2.24, 2.45) is 0 Å². The predicted octanol–water partition coefficient (Wildman–Crippen LogP) is 2.52. The van der Waals surface area contributed by atoms with Gasteiger partial charge in [-0.25, -0.2) is 9.66 Å². The SMILES string of the molecule is CC1CCCC(C)N1n1c(N)nc2ccccc21. The average molecular weight is 244 g/mol. The maximum Gasteiger partial charge on any atom is 0.220 e. The summed E-state index contributed by atoms with van der Waals surface area (Å²) in [5.41, 5.74) is 8.20. The van der Waals surface area contributed by atoms with Crippen molar-refractivity contribution in [3.05, 3.63) is 24.3 Å². The van der Waals surface area contributed by atoms with Gasteiger partial charge in [0.15, 0.2) is 0 Å². The fourth-order valence-electron chi connectivity index (χ4n) is 3.08. The Bertz CT molecular complexity index is 550. The lowest BCUT2D eigenvalue weighted by Crippen LogP contribution is -2.51. The van der Waals surface area contributed by atoms with Gasteiger partial charge in [-0.05, 0) is 45.2 Å². The van der Waals surface area contributed by atoms with Crippen LogP contribution in [0.15, 0.2) is 24.3 Å². The molecule has 0 spiro atoms. The number of anilines is 1. The van der Waals surface area contributed by atoms with Gasteiger partial charge < -0.3 is 10.7 Å². The Kier molecular flexibility index (Phi) is 2.65. The van der Waals surface area contributed by atoms with Crippen molar-refractivity contribution in [2.75, 3.05) is 10.7 Å². The summed E-state index contributed by atoms with van der Waals surface area (Å²) in [6.07, 6.45) is 3.73. The number of nitrogens with two attached hydrogens (primary N) is 1. The zero-order valence-electron chi connectivity index (χ0n) is 11.0. The number of para-hydroxylation sites is 2. The zero-order chi connectivity index (χ0) is 12.7. The summed E-state index contributed by atoms with van der Waals surface area (Å²) >= 11 is 0. The van der Waals surface area contributed by atoms with Crippen LogP contribution in [-0.4, -0.2) is 21.7 Å². The molecule has 1 aliphatic heterocycles. The fourth-order valence-corrected chi connectivity index (χ4v) is 3.08. The molecular formula is C14H20N4. The second kappa shape index (κ2) is 4.19. The summed E-state index contributed by atoms with van der Waals surface area (Å²) < 4.78 is 2.10. The van der Waals surface area contributed by atoms with Crippen LogP contribution in [0.1, 0.15) is 33.1 Å². The van der Waals surface area contributed by atoms with Gasteiger partial charge in [-0.3, -0.25) is 0 Å².